The van der Waals surface area contributed by atoms with Crippen molar-refractivity contribution in [2.24, 2.45) is 4.99 Å². The SMILES string of the molecule is CN(Cc1ccc(C2=NCCN2C(=O)OC(C)(C)C)cc1)C(=O)COCCN(C)S(=O)(=O)c1ccccc1[N+](=O)[O-]. The van der Waals surface area contributed by atoms with Crippen molar-refractivity contribution in [3.63, 3.8) is 0 Å². The second-order valence-corrected chi connectivity index (χ2v) is 12.4. The summed E-state index contributed by atoms with van der Waals surface area (Å²) in [6, 6.07) is 12.5. The molecular formula is C27H35N5O8S. The number of carbonyl (C=O) groups excluding carboxylic acids is 2. The number of benzene rings is 2. The number of ether oxygens (including phenoxy) is 2. The molecule has 2 aromatic rings. The quantitative estimate of drug-likeness (QED) is 0.220. The molecule has 2 aromatic carbocycles. The number of likely N-dealkylation sites (N-methyl/N-ethyl adjacent to an activating group) is 2. The van der Waals surface area contributed by atoms with Gasteiger partial charge in [-0.25, -0.2) is 13.2 Å². The van der Waals surface area contributed by atoms with Crippen molar-refractivity contribution in [1.29, 1.82) is 0 Å². The van der Waals surface area contributed by atoms with Crippen LogP contribution in [0.3, 0.4) is 0 Å². The van der Waals surface area contributed by atoms with Gasteiger partial charge in [-0.15, -0.1) is 0 Å². The van der Waals surface area contributed by atoms with Gasteiger partial charge in [0.15, 0.2) is 4.90 Å². The van der Waals surface area contributed by atoms with E-state index in [2.05, 4.69) is 4.99 Å². The maximum Gasteiger partial charge on any atom is 0.416 e. The first-order valence-electron chi connectivity index (χ1n) is 12.9. The summed E-state index contributed by atoms with van der Waals surface area (Å²) in [7, 11) is -1.21. The molecule has 0 aromatic heterocycles. The zero-order valence-electron chi connectivity index (χ0n) is 23.8. The van der Waals surface area contributed by atoms with Crippen molar-refractivity contribution < 1.29 is 32.4 Å². The number of nitro groups is 1. The molecule has 0 bridgehead atoms. The van der Waals surface area contributed by atoms with Crippen LogP contribution in [0, 0.1) is 10.1 Å². The predicted octanol–water partition coefficient (Wildman–Crippen LogP) is 2.89. The van der Waals surface area contributed by atoms with Gasteiger partial charge in [0, 0.05) is 38.8 Å². The Balaban J connectivity index is 1.48. The third-order valence-corrected chi connectivity index (χ3v) is 7.94. The van der Waals surface area contributed by atoms with Crippen LogP contribution in [0.5, 0.6) is 0 Å². The largest absolute Gasteiger partial charge is 0.443 e. The molecule has 0 N–H and O–H groups in total. The van der Waals surface area contributed by atoms with Gasteiger partial charge in [0.25, 0.3) is 5.69 Å². The van der Waals surface area contributed by atoms with E-state index in [-0.39, 0.29) is 25.7 Å². The van der Waals surface area contributed by atoms with E-state index in [1.807, 2.05) is 24.3 Å². The Bertz CT molecular complexity index is 1400. The summed E-state index contributed by atoms with van der Waals surface area (Å²) < 4.78 is 37.4. The number of rotatable bonds is 11. The minimum absolute atomic E-state index is 0.0824. The van der Waals surface area contributed by atoms with Crippen LogP contribution in [-0.2, 0) is 30.8 Å². The number of aliphatic imine (C=N–C) groups is 1. The maximum atomic E-state index is 12.8. The second kappa shape index (κ2) is 13.2. The lowest BCUT2D eigenvalue weighted by Crippen LogP contribution is -2.39. The third kappa shape index (κ3) is 8.31. The van der Waals surface area contributed by atoms with Crippen molar-refractivity contribution in [3.8, 4) is 0 Å². The van der Waals surface area contributed by atoms with Crippen LogP contribution in [0.15, 0.2) is 58.4 Å². The minimum atomic E-state index is -4.12. The number of amidine groups is 1. The van der Waals surface area contributed by atoms with Crippen LogP contribution < -0.4 is 0 Å². The van der Waals surface area contributed by atoms with E-state index in [4.69, 9.17) is 9.47 Å². The van der Waals surface area contributed by atoms with Crippen molar-refractivity contribution >= 4 is 33.5 Å². The molecule has 222 valence electrons. The van der Waals surface area contributed by atoms with Crippen molar-refractivity contribution in [2.45, 2.75) is 37.8 Å². The molecule has 41 heavy (non-hydrogen) atoms. The summed E-state index contributed by atoms with van der Waals surface area (Å²) in [5, 5.41) is 11.2. The number of hydrogen-bond donors (Lipinski definition) is 0. The van der Waals surface area contributed by atoms with E-state index in [1.54, 1.807) is 27.8 Å². The highest BCUT2D eigenvalue weighted by Gasteiger charge is 2.30. The molecule has 1 aliphatic heterocycles. The highest BCUT2D eigenvalue weighted by molar-refractivity contribution is 7.89. The number of amides is 2. The first kappa shape index (κ1) is 31.6. The minimum Gasteiger partial charge on any atom is -0.443 e. The molecule has 13 nitrogen and oxygen atoms in total. The van der Waals surface area contributed by atoms with Crippen LogP contribution in [-0.4, -0.2) is 97.8 Å². The second-order valence-electron chi connectivity index (χ2n) is 10.4. The molecule has 0 atom stereocenters. The summed E-state index contributed by atoms with van der Waals surface area (Å²) in [4.78, 5) is 42.6. The molecule has 0 fully saturated rings. The van der Waals surface area contributed by atoms with E-state index in [0.717, 1.165) is 21.5 Å². The van der Waals surface area contributed by atoms with E-state index >= 15 is 0 Å². The summed E-state index contributed by atoms with van der Waals surface area (Å²) in [6.07, 6.45) is -0.451. The first-order chi connectivity index (χ1) is 19.2. The van der Waals surface area contributed by atoms with Crippen LogP contribution in [0.2, 0.25) is 0 Å². The van der Waals surface area contributed by atoms with Crippen LogP contribution in [0.1, 0.15) is 31.9 Å². The molecule has 0 saturated heterocycles. The highest BCUT2D eigenvalue weighted by Crippen LogP contribution is 2.25. The van der Waals surface area contributed by atoms with E-state index in [0.29, 0.717) is 25.5 Å². The molecule has 0 saturated carbocycles. The van der Waals surface area contributed by atoms with E-state index in [1.165, 1.54) is 35.0 Å². The molecule has 3 rings (SSSR count). The van der Waals surface area contributed by atoms with Gasteiger partial charge in [-0.2, -0.15) is 4.31 Å². The van der Waals surface area contributed by atoms with Gasteiger partial charge in [0.05, 0.1) is 24.6 Å². The van der Waals surface area contributed by atoms with Gasteiger partial charge in [0.2, 0.25) is 15.9 Å². The Morgan fingerprint density at radius 2 is 1.76 bits per heavy atom. The molecular weight excluding hydrogens is 554 g/mol. The molecule has 1 heterocycles. The van der Waals surface area contributed by atoms with E-state index in [9.17, 15) is 28.1 Å². The third-order valence-electron chi connectivity index (χ3n) is 6.04. The standard InChI is InChI=1S/C27H35N5O8S/c1-27(2,3)40-26(34)31-15-14-28-25(31)21-12-10-20(11-13-21)18-29(4)24(33)19-39-17-16-30(5)41(37,38)23-9-7-6-8-22(23)32(35)36/h6-13H,14-19H2,1-5H3. The highest BCUT2D eigenvalue weighted by atomic mass is 32.2. The van der Waals surface area contributed by atoms with Crippen LogP contribution in [0.4, 0.5) is 10.5 Å². The topological polar surface area (TPSA) is 152 Å². The molecule has 0 aliphatic carbocycles. The number of nitrogens with zero attached hydrogens (tertiary/aromatic N) is 5. The van der Waals surface area contributed by atoms with Gasteiger partial charge in [-0.3, -0.25) is 24.8 Å². The van der Waals surface area contributed by atoms with Gasteiger partial charge in [-0.1, -0.05) is 36.4 Å². The molecule has 1 aliphatic rings. The Kier molecular flexibility index (Phi) is 10.2. The zero-order valence-corrected chi connectivity index (χ0v) is 24.6. The first-order valence-corrected chi connectivity index (χ1v) is 14.3. The lowest BCUT2D eigenvalue weighted by molar-refractivity contribution is -0.387. The van der Waals surface area contributed by atoms with Gasteiger partial charge in [0.1, 0.15) is 18.0 Å². The fraction of sp³-hybridized carbons (Fsp3) is 0.444. The van der Waals surface area contributed by atoms with Crippen molar-refractivity contribution in [1.82, 2.24) is 14.1 Å². The Labute approximate surface area is 239 Å². The number of para-hydroxylation sites is 1. The predicted molar refractivity (Wildman–Crippen MR) is 151 cm³/mol. The Morgan fingerprint density at radius 3 is 2.39 bits per heavy atom. The smallest absolute Gasteiger partial charge is 0.416 e. The summed E-state index contributed by atoms with van der Waals surface area (Å²) in [5.74, 6) is 0.229. The van der Waals surface area contributed by atoms with Crippen LogP contribution in [0.25, 0.3) is 0 Å². The number of sulfonamides is 1. The normalized spacial score (nSPS) is 13.7. The summed E-state index contributed by atoms with van der Waals surface area (Å²) >= 11 is 0. The molecule has 0 spiro atoms. The fourth-order valence-electron chi connectivity index (χ4n) is 3.89. The maximum absolute atomic E-state index is 12.8. The summed E-state index contributed by atoms with van der Waals surface area (Å²) in [5.41, 5.74) is 0.479. The fourth-order valence-corrected chi connectivity index (χ4v) is 5.20. The number of carbonyl (C=O) groups is 2. The number of hydrogen-bond acceptors (Lipinski definition) is 9. The molecule has 0 radical (unpaired) electrons. The molecule has 0 unspecified atom stereocenters. The van der Waals surface area contributed by atoms with Gasteiger partial charge < -0.3 is 14.4 Å². The van der Waals surface area contributed by atoms with Crippen LogP contribution >= 0.6 is 0 Å². The zero-order chi connectivity index (χ0) is 30.4. The molecule has 14 heteroatoms. The van der Waals surface area contributed by atoms with Gasteiger partial charge >= 0.3 is 6.09 Å². The van der Waals surface area contributed by atoms with Crippen molar-refractivity contribution in [2.75, 3.05) is 46.9 Å². The van der Waals surface area contributed by atoms with E-state index < -0.39 is 37.2 Å². The Hall–Kier alpha value is -3.88. The summed E-state index contributed by atoms with van der Waals surface area (Å²) in [6.45, 7) is 6.20. The lowest BCUT2D eigenvalue weighted by Gasteiger charge is -2.25. The Morgan fingerprint density at radius 1 is 1.10 bits per heavy atom. The average molecular weight is 590 g/mol. The molecule has 2 amide bonds. The average Bonchev–Trinajstić information content (AvgIpc) is 3.40. The van der Waals surface area contributed by atoms with Crippen molar-refractivity contribution in [3.05, 3.63) is 69.8 Å². The van der Waals surface area contributed by atoms with Gasteiger partial charge in [-0.05, 0) is 32.4 Å². The monoisotopic (exact) mass is 589 g/mol. The lowest BCUT2D eigenvalue weighted by atomic mass is 10.1. The number of nitro benzene ring substituents is 1.